The van der Waals surface area contributed by atoms with Crippen LogP contribution in [0.3, 0.4) is 0 Å². The highest BCUT2D eigenvalue weighted by Gasteiger charge is 2.55. The summed E-state index contributed by atoms with van der Waals surface area (Å²) in [6.07, 6.45) is 6.32. The summed E-state index contributed by atoms with van der Waals surface area (Å²) in [4.78, 5) is 25.8. The van der Waals surface area contributed by atoms with Crippen LogP contribution in [0.5, 0.6) is 0 Å². The van der Waals surface area contributed by atoms with Gasteiger partial charge in [0, 0.05) is 18.4 Å². The van der Waals surface area contributed by atoms with Gasteiger partial charge in [-0.1, -0.05) is 12.8 Å². The molecule has 1 aliphatic heterocycles. The van der Waals surface area contributed by atoms with Crippen LogP contribution in [0, 0.1) is 17.3 Å². The number of ether oxygens (including phenoxy) is 1. The van der Waals surface area contributed by atoms with E-state index in [4.69, 9.17) is 4.74 Å². The van der Waals surface area contributed by atoms with Gasteiger partial charge in [-0.3, -0.25) is 4.79 Å². The van der Waals surface area contributed by atoms with Gasteiger partial charge in [-0.15, -0.1) is 0 Å². The van der Waals surface area contributed by atoms with E-state index in [2.05, 4.69) is 0 Å². The lowest BCUT2D eigenvalue weighted by atomic mass is 9.55. The highest BCUT2D eigenvalue weighted by molar-refractivity contribution is 5.94. The summed E-state index contributed by atoms with van der Waals surface area (Å²) in [5, 5.41) is 0. The number of amides is 2. The summed E-state index contributed by atoms with van der Waals surface area (Å²) in [6.45, 7) is 6.10. The van der Waals surface area contributed by atoms with Crippen LogP contribution >= 0.6 is 0 Å². The van der Waals surface area contributed by atoms with Gasteiger partial charge in [0.2, 0.25) is 5.91 Å². The Labute approximate surface area is 120 Å². The van der Waals surface area contributed by atoms with Crippen molar-refractivity contribution in [3.8, 4) is 0 Å². The molecule has 112 valence electrons. The summed E-state index contributed by atoms with van der Waals surface area (Å²) >= 11 is 0. The maximum atomic E-state index is 12.3. The number of rotatable bonds is 0. The fraction of sp³-hybridized carbons (Fsp3) is 0.875. The molecule has 20 heavy (non-hydrogen) atoms. The van der Waals surface area contributed by atoms with Gasteiger partial charge in [-0.05, 0) is 51.9 Å². The SMILES string of the molecule is CC(C)(C)OC(=O)N1CC2(CC1=O)CC1CCC2CC1. The molecule has 0 aromatic heterocycles. The van der Waals surface area contributed by atoms with E-state index in [0.717, 1.165) is 12.3 Å². The maximum absolute atomic E-state index is 12.3. The lowest BCUT2D eigenvalue weighted by Crippen LogP contribution is -2.45. The fourth-order valence-corrected chi connectivity index (χ4v) is 4.47. The fourth-order valence-electron chi connectivity index (χ4n) is 4.47. The quantitative estimate of drug-likeness (QED) is 0.683. The van der Waals surface area contributed by atoms with E-state index < -0.39 is 11.7 Å². The zero-order valence-electron chi connectivity index (χ0n) is 12.8. The average molecular weight is 279 g/mol. The maximum Gasteiger partial charge on any atom is 0.417 e. The molecule has 4 nitrogen and oxygen atoms in total. The third kappa shape index (κ3) is 2.33. The normalized spacial score (nSPS) is 36.8. The molecule has 2 amide bonds. The van der Waals surface area contributed by atoms with Crippen LogP contribution in [0.1, 0.15) is 59.3 Å². The summed E-state index contributed by atoms with van der Waals surface area (Å²) in [5.41, 5.74) is -0.478. The molecule has 4 rings (SSSR count). The Morgan fingerprint density at radius 3 is 2.40 bits per heavy atom. The van der Waals surface area contributed by atoms with E-state index in [9.17, 15) is 9.59 Å². The van der Waals surface area contributed by atoms with Crippen LogP contribution in [0.25, 0.3) is 0 Å². The van der Waals surface area contributed by atoms with Crippen molar-refractivity contribution in [2.24, 2.45) is 17.3 Å². The lowest BCUT2D eigenvalue weighted by molar-refractivity contribution is -0.127. The molecule has 0 aromatic rings. The lowest BCUT2D eigenvalue weighted by Gasteiger charge is -2.49. The van der Waals surface area contributed by atoms with Crippen molar-refractivity contribution in [2.75, 3.05) is 6.54 Å². The van der Waals surface area contributed by atoms with Gasteiger partial charge in [0.25, 0.3) is 0 Å². The first-order chi connectivity index (χ1) is 9.29. The second-order valence-corrected chi connectivity index (χ2v) is 7.92. The number of imide groups is 1. The first-order valence-electron chi connectivity index (χ1n) is 7.82. The standard InChI is InChI=1S/C16H25NO3/c1-15(2,3)20-14(19)17-10-16(9-13(17)18)8-11-4-6-12(16)7-5-11/h11-12H,4-10H2,1-3H3. The van der Waals surface area contributed by atoms with E-state index in [1.54, 1.807) is 0 Å². The minimum Gasteiger partial charge on any atom is -0.443 e. The molecular formula is C16H25NO3. The number of carbonyl (C=O) groups excluding carboxylic acids is 2. The predicted molar refractivity (Wildman–Crippen MR) is 75.1 cm³/mol. The number of likely N-dealkylation sites (tertiary alicyclic amines) is 1. The minimum atomic E-state index is -0.543. The van der Waals surface area contributed by atoms with E-state index in [1.165, 1.54) is 30.6 Å². The Kier molecular flexibility index (Phi) is 3.11. The molecule has 0 aromatic carbocycles. The Morgan fingerprint density at radius 1 is 1.25 bits per heavy atom. The molecule has 0 radical (unpaired) electrons. The second-order valence-electron chi connectivity index (χ2n) is 7.92. The molecule has 4 heteroatoms. The Bertz CT molecular complexity index is 431. The van der Waals surface area contributed by atoms with Crippen LogP contribution in [-0.4, -0.2) is 29.0 Å². The van der Waals surface area contributed by atoms with Crippen molar-refractivity contribution in [1.82, 2.24) is 4.90 Å². The minimum absolute atomic E-state index is 0.0354. The zero-order valence-corrected chi connectivity index (χ0v) is 12.8. The molecule has 1 unspecified atom stereocenters. The smallest absolute Gasteiger partial charge is 0.417 e. The molecule has 1 heterocycles. The van der Waals surface area contributed by atoms with Crippen molar-refractivity contribution >= 4 is 12.0 Å². The van der Waals surface area contributed by atoms with Gasteiger partial charge in [-0.2, -0.15) is 0 Å². The zero-order chi connectivity index (χ0) is 14.5. The Balaban J connectivity index is 1.74. The number of hydrogen-bond donors (Lipinski definition) is 0. The molecule has 1 saturated heterocycles. The second kappa shape index (κ2) is 4.47. The monoisotopic (exact) mass is 279 g/mol. The highest BCUT2D eigenvalue weighted by Crippen LogP contribution is 2.56. The van der Waals surface area contributed by atoms with Crippen molar-refractivity contribution in [1.29, 1.82) is 0 Å². The largest absolute Gasteiger partial charge is 0.443 e. The van der Waals surface area contributed by atoms with E-state index in [1.807, 2.05) is 20.8 Å². The number of carbonyl (C=O) groups is 2. The molecule has 4 aliphatic rings. The van der Waals surface area contributed by atoms with Crippen molar-refractivity contribution < 1.29 is 14.3 Å². The molecule has 4 fully saturated rings. The van der Waals surface area contributed by atoms with Crippen LogP contribution in [-0.2, 0) is 9.53 Å². The molecule has 3 aliphatic carbocycles. The molecular weight excluding hydrogens is 254 g/mol. The van der Waals surface area contributed by atoms with Crippen molar-refractivity contribution in [2.45, 2.75) is 64.9 Å². The summed E-state index contributed by atoms with van der Waals surface area (Å²) in [5.74, 6) is 1.36. The van der Waals surface area contributed by atoms with Gasteiger partial charge in [0.1, 0.15) is 5.60 Å². The molecule has 0 N–H and O–H groups in total. The topological polar surface area (TPSA) is 46.6 Å². The average Bonchev–Trinajstić information content (AvgIpc) is 2.65. The number of hydrogen-bond acceptors (Lipinski definition) is 3. The van der Waals surface area contributed by atoms with Crippen molar-refractivity contribution in [3.05, 3.63) is 0 Å². The first kappa shape index (κ1) is 13.9. The summed E-state index contributed by atoms with van der Waals surface area (Å²) in [7, 11) is 0. The predicted octanol–water partition coefficient (Wildman–Crippen LogP) is 3.35. The molecule has 1 spiro atoms. The van der Waals surface area contributed by atoms with Gasteiger partial charge < -0.3 is 4.74 Å². The number of nitrogens with zero attached hydrogens (tertiary/aromatic N) is 1. The van der Waals surface area contributed by atoms with Crippen molar-refractivity contribution in [3.63, 3.8) is 0 Å². The van der Waals surface area contributed by atoms with E-state index >= 15 is 0 Å². The van der Waals surface area contributed by atoms with Gasteiger partial charge in [0.05, 0.1) is 0 Å². The third-order valence-corrected chi connectivity index (χ3v) is 5.30. The van der Waals surface area contributed by atoms with Gasteiger partial charge >= 0.3 is 6.09 Å². The third-order valence-electron chi connectivity index (χ3n) is 5.30. The summed E-state index contributed by atoms with van der Waals surface area (Å²) < 4.78 is 5.37. The Hall–Kier alpha value is -1.06. The molecule has 3 saturated carbocycles. The first-order valence-corrected chi connectivity index (χ1v) is 7.82. The molecule has 1 atom stereocenters. The summed E-state index contributed by atoms with van der Waals surface area (Å²) in [6, 6.07) is 0. The van der Waals surface area contributed by atoms with Gasteiger partial charge in [0.15, 0.2) is 0 Å². The van der Waals surface area contributed by atoms with Crippen LogP contribution in [0.2, 0.25) is 0 Å². The number of fused-ring (bicyclic) bond motifs is 2. The van der Waals surface area contributed by atoms with Gasteiger partial charge in [-0.25, -0.2) is 9.69 Å². The highest BCUT2D eigenvalue weighted by atomic mass is 16.6. The van der Waals surface area contributed by atoms with Crippen LogP contribution in [0.4, 0.5) is 4.79 Å². The van der Waals surface area contributed by atoms with Crippen LogP contribution in [0.15, 0.2) is 0 Å². The molecule has 2 bridgehead atoms. The Morgan fingerprint density at radius 2 is 1.90 bits per heavy atom. The van der Waals surface area contributed by atoms with E-state index in [0.29, 0.717) is 18.9 Å². The van der Waals surface area contributed by atoms with Crippen LogP contribution < -0.4 is 0 Å². The van der Waals surface area contributed by atoms with E-state index in [-0.39, 0.29) is 11.3 Å².